The van der Waals surface area contributed by atoms with Crippen molar-refractivity contribution in [3.63, 3.8) is 0 Å². The van der Waals surface area contributed by atoms with Gasteiger partial charge < -0.3 is 10.2 Å². The van der Waals surface area contributed by atoms with Gasteiger partial charge in [0.05, 0.1) is 10.7 Å². The summed E-state index contributed by atoms with van der Waals surface area (Å²) in [6.45, 7) is 2.34. The number of carbonyl (C=O) groups is 2. The van der Waals surface area contributed by atoms with Gasteiger partial charge in [-0.15, -0.1) is 0 Å². The first-order valence-corrected chi connectivity index (χ1v) is 8.21. The average molecular weight is 366 g/mol. The fraction of sp³-hybridized carbons (Fsp3) is 0.235. The number of aromatic nitrogens is 1. The maximum atomic E-state index is 12.5. The van der Waals surface area contributed by atoms with Gasteiger partial charge in [-0.2, -0.15) is 0 Å². The minimum absolute atomic E-state index is 0.0716. The van der Waals surface area contributed by atoms with Gasteiger partial charge in [0, 0.05) is 29.5 Å². The molecule has 0 saturated carbocycles. The van der Waals surface area contributed by atoms with Crippen molar-refractivity contribution in [3.8, 4) is 0 Å². The van der Waals surface area contributed by atoms with E-state index in [9.17, 15) is 9.59 Å². The molecule has 0 aliphatic rings. The van der Waals surface area contributed by atoms with Crippen LogP contribution in [0.2, 0.25) is 10.0 Å². The van der Waals surface area contributed by atoms with E-state index in [1.54, 1.807) is 42.7 Å². The van der Waals surface area contributed by atoms with Crippen LogP contribution in [0, 0.1) is 0 Å². The van der Waals surface area contributed by atoms with Gasteiger partial charge in [0.2, 0.25) is 5.91 Å². The van der Waals surface area contributed by atoms with E-state index in [4.69, 9.17) is 23.2 Å². The zero-order chi connectivity index (χ0) is 17.5. The maximum Gasteiger partial charge on any atom is 0.254 e. The molecule has 2 amide bonds. The molecule has 5 nitrogen and oxygen atoms in total. The topological polar surface area (TPSA) is 62.3 Å². The predicted molar refractivity (Wildman–Crippen MR) is 95.5 cm³/mol. The molecule has 1 aromatic heterocycles. The van der Waals surface area contributed by atoms with Crippen molar-refractivity contribution in [2.75, 3.05) is 18.4 Å². The molecule has 0 unspecified atom stereocenters. The molecule has 0 aliphatic heterocycles. The Bertz CT molecular complexity index is 723. The lowest BCUT2D eigenvalue weighted by molar-refractivity contribution is -0.116. The molecule has 0 fully saturated rings. The van der Waals surface area contributed by atoms with Gasteiger partial charge >= 0.3 is 0 Å². The van der Waals surface area contributed by atoms with Crippen LogP contribution in [-0.4, -0.2) is 34.8 Å². The second kappa shape index (κ2) is 8.66. The van der Waals surface area contributed by atoms with E-state index in [-0.39, 0.29) is 18.4 Å². The molecular formula is C17H17Cl2N3O2. The summed E-state index contributed by atoms with van der Waals surface area (Å²) in [4.78, 5) is 30.2. The molecule has 2 aromatic rings. The Hall–Kier alpha value is -2.11. The van der Waals surface area contributed by atoms with E-state index in [2.05, 4.69) is 10.3 Å². The van der Waals surface area contributed by atoms with Gasteiger partial charge in [0.1, 0.15) is 6.54 Å². The minimum atomic E-state index is -0.338. The van der Waals surface area contributed by atoms with Crippen molar-refractivity contribution in [1.82, 2.24) is 9.88 Å². The molecule has 0 aliphatic carbocycles. The third kappa shape index (κ3) is 4.94. The van der Waals surface area contributed by atoms with Crippen LogP contribution in [-0.2, 0) is 4.79 Å². The standard InChI is InChI=1S/C17H17Cl2N3O2/c1-2-9-22(17(24)12-5-7-20-8-6-12)11-16(23)21-15-10-13(18)3-4-14(15)19/h3-8,10H,2,9,11H2,1H3,(H,21,23). The number of nitrogens with one attached hydrogen (secondary N) is 1. The van der Waals surface area contributed by atoms with Crippen molar-refractivity contribution in [2.24, 2.45) is 0 Å². The maximum absolute atomic E-state index is 12.5. The first kappa shape index (κ1) is 18.2. The highest BCUT2D eigenvalue weighted by Crippen LogP contribution is 2.25. The summed E-state index contributed by atoms with van der Waals surface area (Å²) < 4.78 is 0. The van der Waals surface area contributed by atoms with Gasteiger partial charge in [-0.05, 0) is 36.8 Å². The Morgan fingerprint density at radius 3 is 2.54 bits per heavy atom. The van der Waals surface area contributed by atoms with Crippen LogP contribution < -0.4 is 5.32 Å². The normalized spacial score (nSPS) is 10.3. The number of rotatable bonds is 6. The lowest BCUT2D eigenvalue weighted by atomic mass is 10.2. The molecule has 0 saturated heterocycles. The average Bonchev–Trinajstić information content (AvgIpc) is 2.58. The quantitative estimate of drug-likeness (QED) is 0.844. The number of amides is 2. The van der Waals surface area contributed by atoms with Crippen molar-refractivity contribution in [3.05, 3.63) is 58.3 Å². The van der Waals surface area contributed by atoms with E-state index < -0.39 is 0 Å². The molecule has 0 spiro atoms. The van der Waals surface area contributed by atoms with Gasteiger partial charge in [-0.1, -0.05) is 30.1 Å². The summed E-state index contributed by atoms with van der Waals surface area (Å²) in [5.74, 6) is -0.554. The molecular weight excluding hydrogens is 349 g/mol. The molecule has 7 heteroatoms. The van der Waals surface area contributed by atoms with Crippen LogP contribution in [0.25, 0.3) is 0 Å². The Labute approximate surface area is 150 Å². The summed E-state index contributed by atoms with van der Waals surface area (Å²) in [7, 11) is 0. The zero-order valence-electron chi connectivity index (χ0n) is 13.1. The molecule has 1 heterocycles. The van der Waals surface area contributed by atoms with Crippen LogP contribution in [0.5, 0.6) is 0 Å². The van der Waals surface area contributed by atoms with Crippen LogP contribution in [0.1, 0.15) is 23.7 Å². The van der Waals surface area contributed by atoms with Gasteiger partial charge in [0.15, 0.2) is 0 Å². The number of hydrogen-bond donors (Lipinski definition) is 1. The highest BCUT2D eigenvalue weighted by molar-refractivity contribution is 6.35. The molecule has 1 aromatic carbocycles. The summed E-state index contributed by atoms with van der Waals surface area (Å²) >= 11 is 11.9. The number of halogens is 2. The Kier molecular flexibility index (Phi) is 6.58. The van der Waals surface area contributed by atoms with Crippen LogP contribution >= 0.6 is 23.2 Å². The first-order valence-electron chi connectivity index (χ1n) is 7.45. The van der Waals surface area contributed by atoms with Gasteiger partial charge in [0.25, 0.3) is 5.91 Å². The highest BCUT2D eigenvalue weighted by Gasteiger charge is 2.18. The summed E-state index contributed by atoms with van der Waals surface area (Å²) in [5.41, 5.74) is 0.911. The van der Waals surface area contributed by atoms with Crippen LogP contribution in [0.3, 0.4) is 0 Å². The molecule has 0 radical (unpaired) electrons. The van der Waals surface area contributed by atoms with E-state index >= 15 is 0 Å². The third-order valence-electron chi connectivity index (χ3n) is 3.24. The zero-order valence-corrected chi connectivity index (χ0v) is 14.6. The van der Waals surface area contributed by atoms with E-state index in [1.807, 2.05) is 6.92 Å². The number of hydrogen-bond acceptors (Lipinski definition) is 3. The molecule has 2 rings (SSSR count). The summed E-state index contributed by atoms with van der Waals surface area (Å²) in [6.07, 6.45) is 3.83. The van der Waals surface area contributed by atoms with Crippen molar-refractivity contribution >= 4 is 40.7 Å². The molecule has 1 N–H and O–H groups in total. The number of benzene rings is 1. The molecule has 126 valence electrons. The second-order valence-electron chi connectivity index (χ2n) is 5.13. The third-order valence-corrected chi connectivity index (χ3v) is 3.81. The monoisotopic (exact) mass is 365 g/mol. The van der Waals surface area contributed by atoms with E-state index in [0.29, 0.717) is 27.8 Å². The highest BCUT2D eigenvalue weighted by atomic mass is 35.5. The Balaban J connectivity index is 2.08. The first-order chi connectivity index (χ1) is 11.5. The largest absolute Gasteiger partial charge is 0.329 e. The summed E-state index contributed by atoms with van der Waals surface area (Å²) in [5, 5.41) is 3.53. The predicted octanol–water partition coefficient (Wildman–Crippen LogP) is 3.88. The fourth-order valence-electron chi connectivity index (χ4n) is 2.16. The SMILES string of the molecule is CCCN(CC(=O)Nc1cc(Cl)ccc1Cl)C(=O)c1ccncc1. The fourth-order valence-corrected chi connectivity index (χ4v) is 2.49. The van der Waals surface area contributed by atoms with Crippen molar-refractivity contribution in [2.45, 2.75) is 13.3 Å². The van der Waals surface area contributed by atoms with Crippen LogP contribution in [0.15, 0.2) is 42.7 Å². The minimum Gasteiger partial charge on any atom is -0.329 e. The van der Waals surface area contributed by atoms with E-state index in [1.165, 1.54) is 4.90 Å². The van der Waals surface area contributed by atoms with Gasteiger partial charge in [-0.25, -0.2) is 0 Å². The second-order valence-corrected chi connectivity index (χ2v) is 5.98. The molecule has 0 bridgehead atoms. The van der Waals surface area contributed by atoms with Crippen molar-refractivity contribution < 1.29 is 9.59 Å². The number of pyridine rings is 1. The van der Waals surface area contributed by atoms with Gasteiger partial charge in [-0.3, -0.25) is 14.6 Å². The lowest BCUT2D eigenvalue weighted by Crippen LogP contribution is -2.38. The number of anilines is 1. The van der Waals surface area contributed by atoms with Crippen molar-refractivity contribution in [1.29, 1.82) is 0 Å². The Morgan fingerprint density at radius 2 is 1.88 bits per heavy atom. The summed E-state index contributed by atoms with van der Waals surface area (Å²) in [6, 6.07) is 8.05. The van der Waals surface area contributed by atoms with E-state index in [0.717, 1.165) is 6.42 Å². The number of carbonyl (C=O) groups excluding carboxylic acids is 2. The lowest BCUT2D eigenvalue weighted by Gasteiger charge is -2.21. The Morgan fingerprint density at radius 1 is 1.17 bits per heavy atom. The van der Waals surface area contributed by atoms with Crippen LogP contribution in [0.4, 0.5) is 5.69 Å². The molecule has 0 atom stereocenters. The number of nitrogens with zero attached hydrogens (tertiary/aromatic N) is 2. The molecule has 24 heavy (non-hydrogen) atoms. The smallest absolute Gasteiger partial charge is 0.254 e.